The predicted molar refractivity (Wildman–Crippen MR) is 127 cm³/mol. The van der Waals surface area contributed by atoms with Gasteiger partial charge in [-0.25, -0.2) is 8.42 Å². The van der Waals surface area contributed by atoms with Crippen LogP contribution in [-0.2, 0) is 14.8 Å². The lowest BCUT2D eigenvalue weighted by atomic mass is 10.1. The summed E-state index contributed by atoms with van der Waals surface area (Å²) in [6, 6.07) is 18.0. The number of benzene rings is 3. The minimum absolute atomic E-state index is 0.0142. The minimum atomic E-state index is -3.88. The van der Waals surface area contributed by atoms with Gasteiger partial charge in [-0.05, 0) is 67.4 Å². The van der Waals surface area contributed by atoms with Gasteiger partial charge in [0.1, 0.15) is 5.75 Å². The summed E-state index contributed by atoms with van der Waals surface area (Å²) in [6.07, 6.45) is 0.107. The zero-order chi connectivity index (χ0) is 24.0. The van der Waals surface area contributed by atoms with E-state index in [-0.39, 0.29) is 23.5 Å². The smallest absolute Gasteiger partial charge is 0.261 e. The summed E-state index contributed by atoms with van der Waals surface area (Å²) in [4.78, 5) is 23.6. The van der Waals surface area contributed by atoms with Crippen LogP contribution in [0.25, 0.3) is 0 Å². The fraction of sp³-hybridized carbons (Fsp3) is 0.167. The van der Waals surface area contributed by atoms with Crippen molar-refractivity contribution in [2.75, 3.05) is 16.6 Å². The van der Waals surface area contributed by atoms with Crippen molar-refractivity contribution < 1.29 is 22.7 Å². The lowest BCUT2D eigenvalue weighted by molar-refractivity contribution is -0.118. The molecule has 0 fully saturated rings. The molecule has 0 spiro atoms. The standard InChI is InChI=1S/C24H25N3O5S/c1-16-7-12-20(33(30,31)27-22-6-4-3-5-17(22)2)15-21(16)24(29)26-18-8-10-19(11-9-18)32-14-13-23(25)28/h3-12,15,27H,13-14H2,1-2H3,(H2,25,28)(H,26,29). The van der Waals surface area contributed by atoms with E-state index in [9.17, 15) is 18.0 Å². The normalized spacial score (nSPS) is 11.0. The summed E-state index contributed by atoms with van der Waals surface area (Å²) in [6.45, 7) is 3.70. The van der Waals surface area contributed by atoms with Gasteiger partial charge in [-0.1, -0.05) is 24.3 Å². The van der Waals surface area contributed by atoms with Gasteiger partial charge in [0.25, 0.3) is 15.9 Å². The average Bonchev–Trinajstić information content (AvgIpc) is 2.76. The molecule has 0 aliphatic rings. The number of amides is 2. The number of carbonyl (C=O) groups is 2. The second kappa shape index (κ2) is 10.2. The van der Waals surface area contributed by atoms with Crippen molar-refractivity contribution in [1.82, 2.24) is 0 Å². The van der Waals surface area contributed by atoms with Gasteiger partial charge >= 0.3 is 0 Å². The van der Waals surface area contributed by atoms with Crippen LogP contribution in [0.1, 0.15) is 27.9 Å². The van der Waals surface area contributed by atoms with E-state index < -0.39 is 21.8 Å². The molecule has 33 heavy (non-hydrogen) atoms. The van der Waals surface area contributed by atoms with Crippen LogP contribution in [0.2, 0.25) is 0 Å². The first-order valence-electron chi connectivity index (χ1n) is 10.2. The van der Waals surface area contributed by atoms with E-state index in [1.165, 1.54) is 12.1 Å². The molecule has 0 atom stereocenters. The van der Waals surface area contributed by atoms with Crippen LogP contribution >= 0.6 is 0 Å². The van der Waals surface area contributed by atoms with Crippen molar-refractivity contribution in [3.63, 3.8) is 0 Å². The summed E-state index contributed by atoms with van der Waals surface area (Å²) in [5.74, 6) is -0.365. The predicted octanol–water partition coefficient (Wildman–Crippen LogP) is 3.61. The number of anilines is 2. The molecule has 0 radical (unpaired) electrons. The van der Waals surface area contributed by atoms with E-state index >= 15 is 0 Å². The number of nitrogens with two attached hydrogens (primary N) is 1. The Morgan fingerprint density at radius 3 is 2.30 bits per heavy atom. The molecule has 0 aliphatic heterocycles. The second-order valence-electron chi connectivity index (χ2n) is 7.44. The second-order valence-corrected chi connectivity index (χ2v) is 9.12. The number of carbonyl (C=O) groups excluding carboxylic acids is 2. The number of ether oxygens (including phenoxy) is 1. The van der Waals surface area contributed by atoms with Crippen LogP contribution in [-0.4, -0.2) is 26.8 Å². The van der Waals surface area contributed by atoms with Crippen LogP contribution in [0.5, 0.6) is 5.75 Å². The van der Waals surface area contributed by atoms with Crippen molar-refractivity contribution in [1.29, 1.82) is 0 Å². The molecule has 3 aromatic rings. The summed E-state index contributed by atoms with van der Waals surface area (Å²) >= 11 is 0. The Kier molecular flexibility index (Phi) is 7.34. The van der Waals surface area contributed by atoms with Gasteiger partial charge in [0.15, 0.2) is 0 Å². The van der Waals surface area contributed by atoms with Crippen molar-refractivity contribution in [2.45, 2.75) is 25.2 Å². The molecule has 3 aromatic carbocycles. The fourth-order valence-electron chi connectivity index (χ4n) is 3.01. The summed E-state index contributed by atoms with van der Waals surface area (Å²) in [5, 5.41) is 2.75. The molecular formula is C24H25N3O5S. The highest BCUT2D eigenvalue weighted by Crippen LogP contribution is 2.23. The Morgan fingerprint density at radius 1 is 0.939 bits per heavy atom. The first-order chi connectivity index (χ1) is 15.7. The van der Waals surface area contributed by atoms with Crippen molar-refractivity contribution >= 4 is 33.2 Å². The molecule has 9 heteroatoms. The monoisotopic (exact) mass is 467 g/mol. The van der Waals surface area contributed by atoms with Gasteiger partial charge in [0, 0.05) is 11.3 Å². The number of primary amides is 1. The third kappa shape index (κ3) is 6.33. The zero-order valence-corrected chi connectivity index (χ0v) is 19.1. The Morgan fingerprint density at radius 2 is 1.64 bits per heavy atom. The van der Waals surface area contributed by atoms with Crippen LogP contribution in [0.3, 0.4) is 0 Å². The number of aryl methyl sites for hydroxylation is 2. The Bertz CT molecular complexity index is 1270. The maximum absolute atomic E-state index is 12.9. The largest absolute Gasteiger partial charge is 0.493 e. The van der Waals surface area contributed by atoms with Crippen molar-refractivity contribution in [3.8, 4) is 5.75 Å². The molecule has 8 nitrogen and oxygen atoms in total. The molecule has 0 bridgehead atoms. The van der Waals surface area contributed by atoms with Gasteiger partial charge < -0.3 is 15.8 Å². The number of sulfonamides is 1. The van der Waals surface area contributed by atoms with Crippen LogP contribution in [0, 0.1) is 13.8 Å². The Labute approximate surface area is 192 Å². The lowest BCUT2D eigenvalue weighted by Crippen LogP contribution is -2.17. The molecule has 0 aliphatic carbocycles. The first-order valence-corrected chi connectivity index (χ1v) is 11.7. The number of para-hydroxylation sites is 1. The molecule has 2 amide bonds. The lowest BCUT2D eigenvalue weighted by Gasteiger charge is -2.13. The van der Waals surface area contributed by atoms with Crippen LogP contribution < -0.4 is 20.5 Å². The maximum atomic E-state index is 12.9. The molecule has 172 valence electrons. The topological polar surface area (TPSA) is 128 Å². The van der Waals surface area contributed by atoms with Crippen molar-refractivity contribution in [3.05, 3.63) is 83.4 Å². The minimum Gasteiger partial charge on any atom is -0.493 e. The third-order valence-electron chi connectivity index (χ3n) is 4.88. The summed E-state index contributed by atoms with van der Waals surface area (Å²) in [7, 11) is -3.88. The van der Waals surface area contributed by atoms with E-state index in [0.29, 0.717) is 22.7 Å². The van der Waals surface area contributed by atoms with Crippen LogP contribution in [0.15, 0.2) is 71.6 Å². The quantitative estimate of drug-likeness (QED) is 0.443. The number of nitrogens with one attached hydrogen (secondary N) is 2. The maximum Gasteiger partial charge on any atom is 0.261 e. The molecule has 0 saturated carbocycles. The number of hydrogen-bond acceptors (Lipinski definition) is 5. The van der Waals surface area contributed by atoms with Crippen molar-refractivity contribution in [2.24, 2.45) is 5.73 Å². The number of hydrogen-bond donors (Lipinski definition) is 3. The summed E-state index contributed by atoms with van der Waals surface area (Å²) in [5.41, 5.74) is 7.72. The molecule has 0 saturated heterocycles. The first kappa shape index (κ1) is 23.8. The zero-order valence-electron chi connectivity index (χ0n) is 18.3. The van der Waals surface area contributed by atoms with Gasteiger partial charge in [-0.3, -0.25) is 14.3 Å². The molecule has 0 unspecified atom stereocenters. The molecule has 3 rings (SSSR count). The Balaban J connectivity index is 1.74. The van der Waals surface area contributed by atoms with Gasteiger partial charge in [-0.15, -0.1) is 0 Å². The highest BCUT2D eigenvalue weighted by atomic mass is 32.2. The SMILES string of the molecule is Cc1ccccc1NS(=O)(=O)c1ccc(C)c(C(=O)Nc2ccc(OCCC(N)=O)cc2)c1. The number of rotatable bonds is 9. The highest BCUT2D eigenvalue weighted by molar-refractivity contribution is 7.92. The Hall–Kier alpha value is -3.85. The third-order valence-corrected chi connectivity index (χ3v) is 6.25. The molecular weight excluding hydrogens is 442 g/mol. The van der Waals surface area contributed by atoms with Gasteiger partial charge in [-0.2, -0.15) is 0 Å². The van der Waals surface area contributed by atoms with Gasteiger partial charge in [0.05, 0.1) is 23.6 Å². The highest BCUT2D eigenvalue weighted by Gasteiger charge is 2.19. The van der Waals surface area contributed by atoms with Gasteiger partial charge in [0.2, 0.25) is 5.91 Å². The molecule has 0 heterocycles. The average molecular weight is 468 g/mol. The fourth-order valence-corrected chi connectivity index (χ4v) is 4.16. The van der Waals surface area contributed by atoms with E-state index in [4.69, 9.17) is 10.5 Å². The summed E-state index contributed by atoms with van der Waals surface area (Å²) < 4.78 is 33.7. The van der Waals surface area contributed by atoms with E-state index in [0.717, 1.165) is 5.56 Å². The van der Waals surface area contributed by atoms with E-state index in [1.54, 1.807) is 62.4 Å². The van der Waals surface area contributed by atoms with Crippen LogP contribution in [0.4, 0.5) is 11.4 Å². The molecule has 0 aromatic heterocycles. The van der Waals surface area contributed by atoms with E-state index in [2.05, 4.69) is 10.0 Å². The van der Waals surface area contributed by atoms with E-state index in [1.807, 2.05) is 6.07 Å². The molecule has 4 N–H and O–H groups in total.